The van der Waals surface area contributed by atoms with Gasteiger partial charge in [0.05, 0.1) is 12.2 Å². The van der Waals surface area contributed by atoms with Crippen molar-refractivity contribution in [2.75, 3.05) is 18.5 Å². The van der Waals surface area contributed by atoms with Crippen molar-refractivity contribution in [3.8, 4) is 5.75 Å². The molecule has 0 aromatic heterocycles. The smallest absolute Gasteiger partial charge is 0.343 e. The average molecular weight is 450 g/mol. The lowest BCUT2D eigenvalue weighted by molar-refractivity contribution is -0.151. The Bertz CT molecular complexity index is 1050. The molecule has 4 N–H and O–H groups in total. The summed E-state index contributed by atoms with van der Waals surface area (Å²) >= 11 is 0. The molecule has 2 aromatic carbocycles. The Morgan fingerprint density at radius 3 is 2.48 bits per heavy atom. The van der Waals surface area contributed by atoms with E-state index in [1.165, 1.54) is 11.0 Å². The molecule has 1 amide bonds. The highest BCUT2D eigenvalue weighted by Crippen LogP contribution is 2.20. The minimum atomic E-state index is -0.536. The number of amides is 1. The zero-order valence-electron chi connectivity index (χ0n) is 18.2. The second-order valence-electron chi connectivity index (χ2n) is 7.35. The van der Waals surface area contributed by atoms with E-state index < -0.39 is 12.0 Å². The van der Waals surface area contributed by atoms with Crippen molar-refractivity contribution in [1.82, 2.24) is 4.90 Å². The van der Waals surface area contributed by atoms with Crippen LogP contribution in [0.5, 0.6) is 5.75 Å². The normalized spacial score (nSPS) is 15.3. The molecule has 2 aromatic rings. The summed E-state index contributed by atoms with van der Waals surface area (Å²) in [5.41, 5.74) is 6.96. The number of hydrogen-bond acceptors (Lipinski definition) is 6. The minimum Gasteiger partial charge on any atom is -0.464 e. The maximum atomic E-state index is 12.5. The Labute approximate surface area is 191 Å². The second kappa shape index (κ2) is 10.9. The Hall–Kier alpha value is -4.14. The predicted octanol–water partition coefficient (Wildman–Crippen LogP) is 2.78. The summed E-state index contributed by atoms with van der Waals surface area (Å²) < 4.78 is 10.4. The van der Waals surface area contributed by atoms with Crippen molar-refractivity contribution in [1.29, 1.82) is 5.41 Å². The van der Waals surface area contributed by atoms with Crippen molar-refractivity contribution >= 4 is 35.6 Å². The van der Waals surface area contributed by atoms with Crippen LogP contribution >= 0.6 is 0 Å². The Kier molecular flexibility index (Phi) is 7.80. The number of likely N-dealkylation sites (tertiary alicyclic amines) is 1. The molecule has 1 aliphatic heterocycles. The van der Waals surface area contributed by atoms with Crippen molar-refractivity contribution in [3.63, 3.8) is 0 Å². The van der Waals surface area contributed by atoms with Crippen LogP contribution in [-0.2, 0) is 14.3 Å². The van der Waals surface area contributed by atoms with Gasteiger partial charge in [0.15, 0.2) is 5.96 Å². The van der Waals surface area contributed by atoms with Crippen LogP contribution in [0.25, 0.3) is 6.08 Å². The molecule has 172 valence electrons. The second-order valence-corrected chi connectivity index (χ2v) is 7.35. The minimum absolute atomic E-state index is 0.185. The molecular weight excluding hydrogens is 424 g/mol. The summed E-state index contributed by atoms with van der Waals surface area (Å²) in [6, 6.07) is 12.5. The predicted molar refractivity (Wildman–Crippen MR) is 124 cm³/mol. The molecule has 1 saturated heterocycles. The van der Waals surface area contributed by atoms with Crippen LogP contribution in [0, 0.1) is 5.41 Å². The monoisotopic (exact) mass is 450 g/mol. The van der Waals surface area contributed by atoms with E-state index in [2.05, 4.69) is 5.32 Å². The fourth-order valence-corrected chi connectivity index (χ4v) is 3.44. The number of anilines is 1. The number of nitrogens with zero attached hydrogens (tertiary/aromatic N) is 1. The molecule has 0 bridgehead atoms. The Morgan fingerprint density at radius 1 is 1.15 bits per heavy atom. The maximum absolute atomic E-state index is 12.5. The molecule has 1 fully saturated rings. The van der Waals surface area contributed by atoms with Gasteiger partial charge in [-0.05, 0) is 67.8 Å². The lowest BCUT2D eigenvalue weighted by Crippen LogP contribution is -2.40. The van der Waals surface area contributed by atoms with Crippen LogP contribution in [0.15, 0.2) is 54.6 Å². The number of ether oxygens (including phenoxy) is 2. The first kappa shape index (κ1) is 23.5. The zero-order chi connectivity index (χ0) is 23.8. The summed E-state index contributed by atoms with van der Waals surface area (Å²) in [6.45, 7) is 2.54. The summed E-state index contributed by atoms with van der Waals surface area (Å²) in [4.78, 5) is 38.5. The first-order valence-corrected chi connectivity index (χ1v) is 10.6. The average Bonchev–Trinajstić information content (AvgIpc) is 3.29. The molecule has 1 unspecified atom stereocenters. The van der Waals surface area contributed by atoms with Crippen LogP contribution in [0.2, 0.25) is 0 Å². The first-order chi connectivity index (χ1) is 15.9. The van der Waals surface area contributed by atoms with Crippen LogP contribution in [0.3, 0.4) is 0 Å². The molecule has 0 radical (unpaired) electrons. The van der Waals surface area contributed by atoms with Gasteiger partial charge in [0.25, 0.3) is 0 Å². The van der Waals surface area contributed by atoms with E-state index in [0.29, 0.717) is 30.0 Å². The van der Waals surface area contributed by atoms with Crippen LogP contribution in [0.1, 0.15) is 35.7 Å². The molecule has 0 aliphatic carbocycles. The van der Waals surface area contributed by atoms with Gasteiger partial charge in [-0.25, -0.2) is 9.59 Å². The van der Waals surface area contributed by atoms with Crippen LogP contribution in [-0.4, -0.2) is 47.9 Å². The number of rotatable bonds is 7. The van der Waals surface area contributed by atoms with Gasteiger partial charge in [0.2, 0.25) is 5.91 Å². The highest BCUT2D eigenvalue weighted by molar-refractivity contribution is 5.95. The van der Waals surface area contributed by atoms with E-state index in [0.717, 1.165) is 12.0 Å². The number of hydrogen-bond donors (Lipinski definition) is 3. The summed E-state index contributed by atoms with van der Waals surface area (Å²) in [5.74, 6) is -0.982. The highest BCUT2D eigenvalue weighted by atomic mass is 16.5. The number of nitrogens with one attached hydrogen (secondary N) is 2. The Balaban J connectivity index is 1.57. The van der Waals surface area contributed by atoms with Crippen molar-refractivity contribution in [3.05, 3.63) is 65.7 Å². The number of carbonyl (C=O) groups excluding carboxylic acids is 3. The van der Waals surface area contributed by atoms with E-state index in [4.69, 9.17) is 20.6 Å². The molecule has 9 heteroatoms. The maximum Gasteiger partial charge on any atom is 0.343 e. The summed E-state index contributed by atoms with van der Waals surface area (Å²) in [6.07, 6.45) is 4.42. The van der Waals surface area contributed by atoms with Gasteiger partial charge in [0, 0.05) is 18.3 Å². The molecule has 33 heavy (non-hydrogen) atoms. The Morgan fingerprint density at radius 2 is 1.85 bits per heavy atom. The number of esters is 2. The highest BCUT2D eigenvalue weighted by Gasteiger charge is 2.34. The molecule has 3 rings (SSSR count). The van der Waals surface area contributed by atoms with Crippen molar-refractivity contribution < 1.29 is 23.9 Å². The van der Waals surface area contributed by atoms with Gasteiger partial charge in [0.1, 0.15) is 11.8 Å². The van der Waals surface area contributed by atoms with Crippen molar-refractivity contribution in [2.45, 2.75) is 25.8 Å². The number of carbonyl (C=O) groups is 3. The van der Waals surface area contributed by atoms with E-state index >= 15 is 0 Å². The van der Waals surface area contributed by atoms with E-state index in [1.54, 1.807) is 61.5 Å². The standard InChI is InChI=1S/C24H26N4O5/c1-2-32-23(31)20-4-3-15-28(20)21(29)14-7-16-5-8-17(9-6-16)22(30)33-19-12-10-18(11-13-19)27-24(25)26/h5-14,20H,2-4,15H2,1H3,(H4,25,26,27)/b14-7+. The molecule has 0 saturated carbocycles. The van der Waals surface area contributed by atoms with Gasteiger partial charge in [-0.15, -0.1) is 0 Å². The number of benzene rings is 2. The fourth-order valence-electron chi connectivity index (χ4n) is 3.44. The van der Waals surface area contributed by atoms with E-state index in [-0.39, 0.29) is 24.4 Å². The SMILES string of the molecule is CCOC(=O)C1CCCN1C(=O)/C=C/c1ccc(C(=O)Oc2ccc(NC(=N)N)cc2)cc1. The quantitative estimate of drug-likeness (QED) is 0.194. The van der Waals surface area contributed by atoms with Crippen LogP contribution in [0.4, 0.5) is 5.69 Å². The van der Waals surface area contributed by atoms with Gasteiger partial charge in [-0.2, -0.15) is 0 Å². The van der Waals surface area contributed by atoms with E-state index in [1.807, 2.05) is 0 Å². The molecule has 9 nitrogen and oxygen atoms in total. The van der Waals surface area contributed by atoms with E-state index in [9.17, 15) is 14.4 Å². The fraction of sp³-hybridized carbons (Fsp3) is 0.250. The third kappa shape index (κ3) is 6.42. The third-order valence-corrected chi connectivity index (χ3v) is 5.00. The lowest BCUT2D eigenvalue weighted by atomic mass is 10.1. The zero-order valence-corrected chi connectivity index (χ0v) is 18.2. The lowest BCUT2D eigenvalue weighted by Gasteiger charge is -2.21. The molecular formula is C24H26N4O5. The first-order valence-electron chi connectivity index (χ1n) is 10.6. The van der Waals surface area contributed by atoms with Crippen LogP contribution < -0.4 is 15.8 Å². The molecule has 0 spiro atoms. The van der Waals surface area contributed by atoms with Gasteiger partial charge >= 0.3 is 11.9 Å². The summed E-state index contributed by atoms with van der Waals surface area (Å²) in [7, 11) is 0. The van der Waals surface area contributed by atoms with Gasteiger partial charge < -0.3 is 25.4 Å². The van der Waals surface area contributed by atoms with Crippen molar-refractivity contribution in [2.24, 2.45) is 5.73 Å². The molecule has 1 atom stereocenters. The topological polar surface area (TPSA) is 135 Å². The van der Waals surface area contributed by atoms with Gasteiger partial charge in [-0.1, -0.05) is 12.1 Å². The molecule has 1 heterocycles. The summed E-state index contributed by atoms with van der Waals surface area (Å²) in [5, 5.41) is 9.84. The molecule has 1 aliphatic rings. The van der Waals surface area contributed by atoms with Gasteiger partial charge in [-0.3, -0.25) is 10.2 Å². The third-order valence-electron chi connectivity index (χ3n) is 5.00. The number of nitrogens with two attached hydrogens (primary N) is 1. The largest absolute Gasteiger partial charge is 0.464 e. The number of guanidine groups is 1.